The lowest BCUT2D eigenvalue weighted by atomic mass is 9.97. The Kier molecular flexibility index (Phi) is 3.45. The molecule has 6 heteroatoms. The summed E-state index contributed by atoms with van der Waals surface area (Å²) in [6.07, 6.45) is 2.90. The van der Waals surface area contributed by atoms with Crippen molar-refractivity contribution in [3.63, 3.8) is 0 Å². The third-order valence-corrected chi connectivity index (χ3v) is 3.13. The first kappa shape index (κ1) is 12.3. The van der Waals surface area contributed by atoms with Gasteiger partial charge in [0.25, 0.3) is 5.91 Å². The zero-order valence-corrected chi connectivity index (χ0v) is 9.89. The van der Waals surface area contributed by atoms with Crippen molar-refractivity contribution in [3.05, 3.63) is 34.2 Å². The molecule has 1 aromatic heterocycles. The Morgan fingerprint density at radius 3 is 2.89 bits per heavy atom. The summed E-state index contributed by atoms with van der Waals surface area (Å²) in [5.41, 5.74) is 5.28. The predicted molar refractivity (Wildman–Crippen MR) is 64.9 cm³/mol. The van der Waals surface area contributed by atoms with E-state index in [-0.39, 0.29) is 23.3 Å². The molecule has 0 aromatic carbocycles. The number of likely N-dealkylation sites (tertiary alicyclic amines) is 1. The Morgan fingerprint density at radius 2 is 2.22 bits per heavy atom. The quantitative estimate of drug-likeness (QED) is 0.754. The number of nitrogens with zero attached hydrogens (tertiary/aromatic N) is 1. The van der Waals surface area contributed by atoms with E-state index in [4.69, 9.17) is 5.73 Å². The van der Waals surface area contributed by atoms with E-state index in [9.17, 15) is 14.4 Å². The van der Waals surface area contributed by atoms with Gasteiger partial charge in [0.2, 0.25) is 11.5 Å². The summed E-state index contributed by atoms with van der Waals surface area (Å²) in [7, 11) is 0. The average Bonchev–Trinajstić information content (AvgIpc) is 2.38. The minimum Gasteiger partial charge on any atom is -0.369 e. The van der Waals surface area contributed by atoms with Crippen LogP contribution in [0.15, 0.2) is 23.1 Å². The summed E-state index contributed by atoms with van der Waals surface area (Å²) >= 11 is 0. The van der Waals surface area contributed by atoms with Gasteiger partial charge in [-0.3, -0.25) is 14.4 Å². The number of nitrogens with two attached hydrogens (primary N) is 1. The smallest absolute Gasteiger partial charge is 0.254 e. The molecule has 2 rings (SSSR count). The summed E-state index contributed by atoms with van der Waals surface area (Å²) in [5.74, 6) is -0.893. The maximum Gasteiger partial charge on any atom is 0.254 e. The fourth-order valence-electron chi connectivity index (χ4n) is 2.15. The van der Waals surface area contributed by atoms with Crippen LogP contribution in [-0.2, 0) is 4.79 Å². The molecule has 18 heavy (non-hydrogen) atoms. The van der Waals surface area contributed by atoms with E-state index in [1.165, 1.54) is 12.3 Å². The first-order valence-corrected chi connectivity index (χ1v) is 5.85. The number of piperidine rings is 1. The normalized spacial score (nSPS) is 19.6. The maximum atomic E-state index is 12.1. The number of carbonyl (C=O) groups excluding carboxylic acids is 2. The molecule has 1 aliphatic rings. The molecule has 96 valence electrons. The van der Waals surface area contributed by atoms with Crippen molar-refractivity contribution < 1.29 is 9.59 Å². The predicted octanol–water partition coefficient (Wildman–Crippen LogP) is -0.288. The molecule has 1 aliphatic heterocycles. The molecule has 1 unspecified atom stereocenters. The number of hydrogen-bond donors (Lipinski definition) is 2. The molecule has 3 N–H and O–H groups in total. The van der Waals surface area contributed by atoms with Gasteiger partial charge in [-0.2, -0.15) is 0 Å². The summed E-state index contributed by atoms with van der Waals surface area (Å²) < 4.78 is 0. The minimum atomic E-state index is -0.376. The van der Waals surface area contributed by atoms with Crippen LogP contribution in [0.2, 0.25) is 0 Å². The third-order valence-electron chi connectivity index (χ3n) is 3.13. The second kappa shape index (κ2) is 5.03. The van der Waals surface area contributed by atoms with E-state index in [0.717, 1.165) is 6.42 Å². The number of aromatic amines is 1. The molecular weight excluding hydrogens is 234 g/mol. The van der Waals surface area contributed by atoms with Crippen LogP contribution >= 0.6 is 0 Å². The second-order valence-electron chi connectivity index (χ2n) is 4.43. The molecule has 1 atom stereocenters. The van der Waals surface area contributed by atoms with Gasteiger partial charge in [0, 0.05) is 30.9 Å². The van der Waals surface area contributed by atoms with Crippen molar-refractivity contribution in [2.75, 3.05) is 13.1 Å². The van der Waals surface area contributed by atoms with Crippen LogP contribution in [0.3, 0.4) is 0 Å². The highest BCUT2D eigenvalue weighted by Gasteiger charge is 2.27. The van der Waals surface area contributed by atoms with Gasteiger partial charge in [0.1, 0.15) is 0 Å². The SMILES string of the molecule is NC(=O)C1CCCN(C(=O)c2cc[nH]c(=O)c2)C1. The summed E-state index contributed by atoms with van der Waals surface area (Å²) in [4.78, 5) is 38.5. The van der Waals surface area contributed by atoms with E-state index >= 15 is 0 Å². The molecular formula is C12H15N3O3. The van der Waals surface area contributed by atoms with Gasteiger partial charge in [-0.15, -0.1) is 0 Å². The lowest BCUT2D eigenvalue weighted by molar-refractivity contribution is -0.123. The molecule has 1 fully saturated rings. The van der Waals surface area contributed by atoms with Crippen molar-refractivity contribution in [3.8, 4) is 0 Å². The highest BCUT2D eigenvalue weighted by molar-refractivity contribution is 5.94. The van der Waals surface area contributed by atoms with Crippen LogP contribution in [0.25, 0.3) is 0 Å². The molecule has 1 aromatic rings. The number of amides is 2. The average molecular weight is 249 g/mol. The zero-order valence-electron chi connectivity index (χ0n) is 9.89. The van der Waals surface area contributed by atoms with E-state index in [1.807, 2.05) is 0 Å². The van der Waals surface area contributed by atoms with E-state index in [2.05, 4.69) is 4.98 Å². The molecule has 1 saturated heterocycles. The van der Waals surface area contributed by atoms with Crippen LogP contribution in [-0.4, -0.2) is 34.8 Å². The van der Waals surface area contributed by atoms with Gasteiger partial charge < -0.3 is 15.6 Å². The van der Waals surface area contributed by atoms with Crippen molar-refractivity contribution in [2.24, 2.45) is 11.7 Å². The maximum absolute atomic E-state index is 12.1. The van der Waals surface area contributed by atoms with Crippen LogP contribution in [0, 0.1) is 5.92 Å². The van der Waals surface area contributed by atoms with Gasteiger partial charge in [0.05, 0.1) is 5.92 Å². The second-order valence-corrected chi connectivity index (χ2v) is 4.43. The topological polar surface area (TPSA) is 96.3 Å². The monoisotopic (exact) mass is 249 g/mol. The number of nitrogens with one attached hydrogen (secondary N) is 1. The standard InChI is InChI=1S/C12H15N3O3/c13-11(17)9-2-1-5-15(7-9)12(18)8-3-4-14-10(16)6-8/h3-4,6,9H,1-2,5,7H2,(H2,13,17)(H,14,16). The highest BCUT2D eigenvalue weighted by Crippen LogP contribution is 2.17. The van der Waals surface area contributed by atoms with Crippen molar-refractivity contribution >= 4 is 11.8 Å². The molecule has 2 amide bonds. The summed E-state index contributed by atoms with van der Waals surface area (Å²) in [5, 5.41) is 0. The lowest BCUT2D eigenvalue weighted by Crippen LogP contribution is -2.44. The molecule has 0 radical (unpaired) electrons. The molecule has 2 heterocycles. The lowest BCUT2D eigenvalue weighted by Gasteiger charge is -2.31. The van der Waals surface area contributed by atoms with E-state index < -0.39 is 0 Å². The number of hydrogen-bond acceptors (Lipinski definition) is 3. The van der Waals surface area contributed by atoms with E-state index in [0.29, 0.717) is 25.1 Å². The van der Waals surface area contributed by atoms with Crippen molar-refractivity contribution in [1.82, 2.24) is 9.88 Å². The first-order valence-electron chi connectivity index (χ1n) is 5.85. The number of aromatic nitrogens is 1. The summed E-state index contributed by atoms with van der Waals surface area (Å²) in [6.45, 7) is 0.927. The fraction of sp³-hybridized carbons (Fsp3) is 0.417. The van der Waals surface area contributed by atoms with Crippen molar-refractivity contribution in [1.29, 1.82) is 0 Å². The summed E-state index contributed by atoms with van der Waals surface area (Å²) in [6, 6.07) is 2.81. The zero-order chi connectivity index (χ0) is 13.1. The third kappa shape index (κ3) is 2.58. The molecule has 0 aliphatic carbocycles. The number of rotatable bonds is 2. The molecule has 0 spiro atoms. The fourth-order valence-corrected chi connectivity index (χ4v) is 2.15. The number of primary amides is 1. The highest BCUT2D eigenvalue weighted by atomic mass is 16.2. The van der Waals surface area contributed by atoms with Crippen molar-refractivity contribution in [2.45, 2.75) is 12.8 Å². The Balaban J connectivity index is 2.14. The van der Waals surface area contributed by atoms with Crippen LogP contribution < -0.4 is 11.3 Å². The number of pyridine rings is 1. The van der Waals surface area contributed by atoms with Gasteiger partial charge in [-0.25, -0.2) is 0 Å². The van der Waals surface area contributed by atoms with Gasteiger partial charge >= 0.3 is 0 Å². The van der Waals surface area contributed by atoms with Crippen LogP contribution in [0.5, 0.6) is 0 Å². The molecule has 0 bridgehead atoms. The molecule has 0 saturated carbocycles. The Bertz CT molecular complexity index is 523. The van der Waals surface area contributed by atoms with Gasteiger partial charge in [0.15, 0.2) is 0 Å². The number of H-pyrrole nitrogens is 1. The van der Waals surface area contributed by atoms with Crippen LogP contribution in [0.4, 0.5) is 0 Å². The number of carbonyl (C=O) groups is 2. The minimum absolute atomic E-state index is 0.230. The van der Waals surface area contributed by atoms with E-state index in [1.54, 1.807) is 11.0 Å². The van der Waals surface area contributed by atoms with Gasteiger partial charge in [-0.05, 0) is 18.9 Å². The van der Waals surface area contributed by atoms with Gasteiger partial charge in [-0.1, -0.05) is 0 Å². The Labute approximate surface area is 104 Å². The molecule has 6 nitrogen and oxygen atoms in total. The largest absolute Gasteiger partial charge is 0.369 e. The Hall–Kier alpha value is -2.11. The first-order chi connectivity index (χ1) is 8.58. The Morgan fingerprint density at radius 1 is 1.44 bits per heavy atom. The van der Waals surface area contributed by atoms with Crippen LogP contribution in [0.1, 0.15) is 23.2 Å².